The summed E-state index contributed by atoms with van der Waals surface area (Å²) in [7, 11) is 0. The van der Waals surface area contributed by atoms with E-state index in [-0.39, 0.29) is 0 Å². The predicted octanol–water partition coefficient (Wildman–Crippen LogP) is 2.02. The third-order valence-electron chi connectivity index (χ3n) is 2.86. The molecule has 1 fully saturated rings. The van der Waals surface area contributed by atoms with Crippen LogP contribution in [0.3, 0.4) is 0 Å². The Morgan fingerprint density at radius 1 is 0.769 bits per heavy atom. The summed E-state index contributed by atoms with van der Waals surface area (Å²) in [4.78, 5) is 2.41. The Bertz CT molecular complexity index is 107. The smallest absolute Gasteiger partial charge is 0.0558 e. The Hall–Kier alpha value is -0.0800. The quantitative estimate of drug-likeness (QED) is 0.711. The lowest BCUT2D eigenvalue weighted by atomic mass is 10.1. The van der Waals surface area contributed by atoms with Gasteiger partial charge in [0.05, 0.1) is 6.61 Å². The molecule has 1 aliphatic rings. The summed E-state index contributed by atoms with van der Waals surface area (Å²) in [6.45, 7) is 3.58. The Morgan fingerprint density at radius 3 is 1.69 bits per heavy atom. The molecule has 0 aromatic rings. The Balaban J connectivity index is 2.18. The molecule has 1 saturated heterocycles. The standard InChI is InChI=1S/C11H23NO/c13-11-10-12-8-6-4-2-1-3-5-7-9-12/h13H,1-11H2. The van der Waals surface area contributed by atoms with Gasteiger partial charge in [0.25, 0.3) is 0 Å². The van der Waals surface area contributed by atoms with Crippen molar-refractivity contribution < 1.29 is 5.11 Å². The molecule has 0 aromatic heterocycles. The fourth-order valence-corrected chi connectivity index (χ4v) is 2.03. The van der Waals surface area contributed by atoms with E-state index in [1.807, 2.05) is 0 Å². The molecular formula is C11H23NO. The highest BCUT2D eigenvalue weighted by atomic mass is 16.3. The van der Waals surface area contributed by atoms with Gasteiger partial charge in [-0.3, -0.25) is 0 Å². The third-order valence-corrected chi connectivity index (χ3v) is 2.86. The van der Waals surface area contributed by atoms with Crippen LogP contribution in [-0.4, -0.2) is 36.2 Å². The van der Waals surface area contributed by atoms with Gasteiger partial charge in [0.1, 0.15) is 0 Å². The fourth-order valence-electron chi connectivity index (χ4n) is 2.03. The minimum absolute atomic E-state index is 0.319. The van der Waals surface area contributed by atoms with Crippen LogP contribution in [-0.2, 0) is 0 Å². The lowest BCUT2D eigenvalue weighted by Gasteiger charge is -2.22. The van der Waals surface area contributed by atoms with Crippen molar-refractivity contribution in [2.75, 3.05) is 26.2 Å². The second-order valence-electron chi connectivity index (χ2n) is 4.04. The summed E-state index contributed by atoms with van der Waals surface area (Å²) < 4.78 is 0. The van der Waals surface area contributed by atoms with Crippen LogP contribution in [0.25, 0.3) is 0 Å². The number of rotatable bonds is 2. The average molecular weight is 185 g/mol. The lowest BCUT2D eigenvalue weighted by Crippen LogP contribution is -2.29. The molecule has 0 spiro atoms. The molecule has 0 unspecified atom stereocenters. The summed E-state index contributed by atoms with van der Waals surface area (Å²) in [5.74, 6) is 0. The molecule has 0 bridgehead atoms. The number of hydrogen-bond acceptors (Lipinski definition) is 2. The van der Waals surface area contributed by atoms with Gasteiger partial charge in [-0.25, -0.2) is 0 Å². The van der Waals surface area contributed by atoms with Crippen LogP contribution < -0.4 is 0 Å². The van der Waals surface area contributed by atoms with E-state index in [1.165, 1.54) is 58.0 Å². The highest BCUT2D eigenvalue weighted by molar-refractivity contribution is 4.60. The Kier molecular flexibility index (Phi) is 6.21. The Morgan fingerprint density at radius 2 is 1.23 bits per heavy atom. The van der Waals surface area contributed by atoms with Crippen LogP contribution in [0, 0.1) is 0 Å². The van der Waals surface area contributed by atoms with E-state index in [0.717, 1.165) is 6.54 Å². The van der Waals surface area contributed by atoms with Crippen molar-refractivity contribution in [3.8, 4) is 0 Å². The number of β-amino-alcohol motifs (C(OH)–C–C–N with tert-alkyl or cyclic N) is 1. The van der Waals surface area contributed by atoms with Gasteiger partial charge in [0, 0.05) is 6.54 Å². The van der Waals surface area contributed by atoms with E-state index < -0.39 is 0 Å². The SMILES string of the molecule is OCCN1CCCCCCCCC1. The van der Waals surface area contributed by atoms with E-state index in [2.05, 4.69) is 4.90 Å². The highest BCUT2D eigenvalue weighted by Crippen LogP contribution is 2.11. The van der Waals surface area contributed by atoms with Gasteiger partial charge < -0.3 is 10.0 Å². The van der Waals surface area contributed by atoms with E-state index in [9.17, 15) is 0 Å². The summed E-state index contributed by atoms with van der Waals surface area (Å²) in [5, 5.41) is 8.86. The molecule has 2 nitrogen and oxygen atoms in total. The molecule has 1 heterocycles. The number of aliphatic hydroxyl groups is 1. The third kappa shape index (κ3) is 5.27. The molecule has 0 aliphatic carbocycles. The van der Waals surface area contributed by atoms with Crippen LogP contribution in [0.2, 0.25) is 0 Å². The first-order valence-electron chi connectivity index (χ1n) is 5.76. The zero-order chi connectivity index (χ0) is 9.36. The summed E-state index contributed by atoms with van der Waals surface area (Å²) >= 11 is 0. The first-order valence-corrected chi connectivity index (χ1v) is 5.76. The molecular weight excluding hydrogens is 162 g/mol. The van der Waals surface area contributed by atoms with Gasteiger partial charge in [0.15, 0.2) is 0 Å². The number of aliphatic hydroxyl groups excluding tert-OH is 1. The van der Waals surface area contributed by atoms with Crippen molar-refractivity contribution in [1.82, 2.24) is 4.90 Å². The molecule has 0 atom stereocenters. The van der Waals surface area contributed by atoms with E-state index in [0.29, 0.717) is 6.61 Å². The van der Waals surface area contributed by atoms with Gasteiger partial charge in [0.2, 0.25) is 0 Å². The van der Waals surface area contributed by atoms with E-state index >= 15 is 0 Å². The van der Waals surface area contributed by atoms with Crippen molar-refractivity contribution in [2.24, 2.45) is 0 Å². The highest BCUT2D eigenvalue weighted by Gasteiger charge is 2.05. The molecule has 1 aliphatic heterocycles. The van der Waals surface area contributed by atoms with Gasteiger partial charge in [-0.15, -0.1) is 0 Å². The summed E-state index contributed by atoms with van der Waals surface area (Å²) in [6, 6.07) is 0. The van der Waals surface area contributed by atoms with E-state index in [4.69, 9.17) is 5.11 Å². The maximum atomic E-state index is 8.86. The second kappa shape index (κ2) is 7.34. The fraction of sp³-hybridized carbons (Fsp3) is 1.00. The van der Waals surface area contributed by atoms with Crippen LogP contribution in [0.1, 0.15) is 44.9 Å². The van der Waals surface area contributed by atoms with Crippen molar-refractivity contribution >= 4 is 0 Å². The molecule has 2 heteroatoms. The first kappa shape index (κ1) is 11.0. The molecule has 0 aromatic carbocycles. The zero-order valence-electron chi connectivity index (χ0n) is 8.67. The van der Waals surface area contributed by atoms with Crippen LogP contribution in [0.15, 0.2) is 0 Å². The van der Waals surface area contributed by atoms with Crippen LogP contribution in [0.5, 0.6) is 0 Å². The predicted molar refractivity (Wildman–Crippen MR) is 55.8 cm³/mol. The molecule has 0 saturated carbocycles. The average Bonchev–Trinajstić information content (AvgIpc) is 2.16. The minimum Gasteiger partial charge on any atom is -0.395 e. The molecule has 13 heavy (non-hydrogen) atoms. The molecule has 0 radical (unpaired) electrons. The van der Waals surface area contributed by atoms with Crippen LogP contribution in [0.4, 0.5) is 0 Å². The van der Waals surface area contributed by atoms with Crippen molar-refractivity contribution in [2.45, 2.75) is 44.9 Å². The van der Waals surface area contributed by atoms with Crippen LogP contribution >= 0.6 is 0 Å². The van der Waals surface area contributed by atoms with Crippen molar-refractivity contribution in [1.29, 1.82) is 0 Å². The second-order valence-corrected chi connectivity index (χ2v) is 4.04. The number of hydrogen-bond donors (Lipinski definition) is 1. The van der Waals surface area contributed by atoms with Gasteiger partial charge >= 0.3 is 0 Å². The molecule has 0 amide bonds. The summed E-state index contributed by atoms with van der Waals surface area (Å²) in [5.41, 5.74) is 0. The first-order chi connectivity index (χ1) is 6.43. The Labute approximate surface area is 81.9 Å². The largest absolute Gasteiger partial charge is 0.395 e. The molecule has 1 rings (SSSR count). The maximum Gasteiger partial charge on any atom is 0.0558 e. The minimum atomic E-state index is 0.319. The van der Waals surface area contributed by atoms with Crippen molar-refractivity contribution in [3.63, 3.8) is 0 Å². The maximum absolute atomic E-state index is 8.86. The summed E-state index contributed by atoms with van der Waals surface area (Å²) in [6.07, 6.45) is 9.64. The van der Waals surface area contributed by atoms with Gasteiger partial charge in [-0.1, -0.05) is 32.1 Å². The normalized spacial score (nSPS) is 22.8. The van der Waals surface area contributed by atoms with Crippen molar-refractivity contribution in [3.05, 3.63) is 0 Å². The van der Waals surface area contributed by atoms with Gasteiger partial charge in [-0.05, 0) is 25.9 Å². The lowest BCUT2D eigenvalue weighted by molar-refractivity contribution is 0.188. The molecule has 78 valence electrons. The monoisotopic (exact) mass is 185 g/mol. The zero-order valence-corrected chi connectivity index (χ0v) is 8.67. The van der Waals surface area contributed by atoms with E-state index in [1.54, 1.807) is 0 Å². The van der Waals surface area contributed by atoms with Gasteiger partial charge in [-0.2, -0.15) is 0 Å². The number of nitrogens with zero attached hydrogens (tertiary/aromatic N) is 1. The molecule has 1 N–H and O–H groups in total. The topological polar surface area (TPSA) is 23.5 Å².